The van der Waals surface area contributed by atoms with E-state index < -0.39 is 11.9 Å². The summed E-state index contributed by atoms with van der Waals surface area (Å²) in [5.74, 6) is -0.385. The number of nitrogens with one attached hydrogen (secondary N) is 1. The van der Waals surface area contributed by atoms with Gasteiger partial charge in [-0.3, -0.25) is 0 Å². The van der Waals surface area contributed by atoms with Crippen molar-refractivity contribution >= 4 is 11.9 Å². The van der Waals surface area contributed by atoms with E-state index in [4.69, 9.17) is 38.7 Å². The molecule has 2 aromatic rings. The van der Waals surface area contributed by atoms with Gasteiger partial charge in [-0.15, -0.1) is 0 Å². The number of hydrogen-bond donors (Lipinski definition) is 3. The molecule has 9 heteroatoms. The SMILES string of the molecule is O=C(O)C(=O)O.c1cc2c(cc1CNCc1ccc3c(c1)OCO3)OCO2. The van der Waals surface area contributed by atoms with E-state index in [0.29, 0.717) is 13.6 Å². The predicted molar refractivity (Wildman–Crippen MR) is 90.9 cm³/mol. The Morgan fingerprint density at radius 2 is 1.15 bits per heavy atom. The summed E-state index contributed by atoms with van der Waals surface area (Å²) < 4.78 is 21.4. The van der Waals surface area contributed by atoms with Crippen LogP contribution in [-0.4, -0.2) is 35.7 Å². The Morgan fingerprint density at radius 1 is 0.741 bits per heavy atom. The number of hydrogen-bond acceptors (Lipinski definition) is 7. The zero-order valence-corrected chi connectivity index (χ0v) is 14.1. The molecule has 27 heavy (non-hydrogen) atoms. The molecule has 0 unspecified atom stereocenters. The molecule has 2 aliphatic heterocycles. The molecule has 0 bridgehead atoms. The van der Waals surface area contributed by atoms with Gasteiger partial charge in [0, 0.05) is 13.1 Å². The number of ether oxygens (including phenoxy) is 4. The van der Waals surface area contributed by atoms with Crippen LogP contribution in [-0.2, 0) is 22.7 Å². The first-order chi connectivity index (χ1) is 13.0. The van der Waals surface area contributed by atoms with E-state index in [9.17, 15) is 0 Å². The fourth-order valence-electron chi connectivity index (χ4n) is 2.45. The molecule has 0 fully saturated rings. The summed E-state index contributed by atoms with van der Waals surface area (Å²) in [6, 6.07) is 12.0. The molecule has 2 aliphatic rings. The minimum absolute atomic E-state index is 0.309. The Bertz CT molecular complexity index is 782. The van der Waals surface area contributed by atoms with Gasteiger partial charge in [0.05, 0.1) is 0 Å². The number of benzene rings is 2. The minimum atomic E-state index is -1.82. The van der Waals surface area contributed by atoms with E-state index in [0.717, 1.165) is 36.1 Å². The van der Waals surface area contributed by atoms with Gasteiger partial charge < -0.3 is 34.5 Å². The molecular formula is C18H17NO8. The summed E-state index contributed by atoms with van der Waals surface area (Å²) in [6.07, 6.45) is 0. The highest BCUT2D eigenvalue weighted by Crippen LogP contribution is 2.33. The summed E-state index contributed by atoms with van der Waals surface area (Å²) >= 11 is 0. The third-order valence-electron chi connectivity index (χ3n) is 3.72. The van der Waals surface area contributed by atoms with Gasteiger partial charge in [0.2, 0.25) is 13.6 Å². The number of fused-ring (bicyclic) bond motifs is 2. The van der Waals surface area contributed by atoms with Crippen LogP contribution in [0, 0.1) is 0 Å². The number of carboxylic acids is 2. The second-order valence-electron chi connectivity index (χ2n) is 5.59. The standard InChI is InChI=1S/C16H15NO4.C2H2O4/c1-3-13-15(20-9-18-13)5-11(1)7-17-8-12-2-4-14-16(6-12)21-10-19-14;3-1(4)2(5)6/h1-6,17H,7-10H2;(H,3,4)(H,5,6). The fourth-order valence-corrected chi connectivity index (χ4v) is 2.45. The van der Waals surface area contributed by atoms with Crippen molar-refractivity contribution in [2.75, 3.05) is 13.6 Å². The second-order valence-corrected chi connectivity index (χ2v) is 5.59. The third kappa shape index (κ3) is 4.79. The van der Waals surface area contributed by atoms with Crippen LogP contribution in [0.25, 0.3) is 0 Å². The van der Waals surface area contributed by atoms with E-state index in [1.165, 1.54) is 11.1 Å². The highest BCUT2D eigenvalue weighted by Gasteiger charge is 2.14. The Hall–Kier alpha value is -3.46. The third-order valence-corrected chi connectivity index (χ3v) is 3.72. The Morgan fingerprint density at radius 3 is 1.56 bits per heavy atom. The normalized spacial score (nSPS) is 12.9. The Labute approximate surface area is 154 Å². The zero-order valence-electron chi connectivity index (χ0n) is 14.1. The van der Waals surface area contributed by atoms with Gasteiger partial charge >= 0.3 is 11.9 Å². The average Bonchev–Trinajstić information content (AvgIpc) is 3.30. The van der Waals surface area contributed by atoms with E-state index >= 15 is 0 Å². The van der Waals surface area contributed by atoms with Crippen molar-refractivity contribution in [2.24, 2.45) is 0 Å². The minimum Gasteiger partial charge on any atom is -0.473 e. The molecule has 0 atom stereocenters. The maximum Gasteiger partial charge on any atom is 0.414 e. The van der Waals surface area contributed by atoms with E-state index in [1.807, 2.05) is 36.4 Å². The lowest BCUT2D eigenvalue weighted by molar-refractivity contribution is -0.159. The molecule has 3 N–H and O–H groups in total. The molecule has 0 aromatic heterocycles. The van der Waals surface area contributed by atoms with Gasteiger partial charge in [-0.05, 0) is 35.4 Å². The predicted octanol–water partition coefficient (Wildman–Crippen LogP) is 1.59. The van der Waals surface area contributed by atoms with Crippen LogP contribution in [0.3, 0.4) is 0 Å². The Balaban J connectivity index is 0.000000307. The van der Waals surface area contributed by atoms with Crippen molar-refractivity contribution in [3.05, 3.63) is 47.5 Å². The van der Waals surface area contributed by atoms with Crippen LogP contribution in [0.15, 0.2) is 36.4 Å². The molecule has 0 radical (unpaired) electrons. The second kappa shape index (κ2) is 8.28. The van der Waals surface area contributed by atoms with Gasteiger partial charge in [0.15, 0.2) is 23.0 Å². The lowest BCUT2D eigenvalue weighted by Gasteiger charge is -2.07. The highest BCUT2D eigenvalue weighted by atomic mass is 16.7. The van der Waals surface area contributed by atoms with Crippen molar-refractivity contribution in [1.29, 1.82) is 0 Å². The molecule has 2 heterocycles. The monoisotopic (exact) mass is 375 g/mol. The van der Waals surface area contributed by atoms with Crippen molar-refractivity contribution in [1.82, 2.24) is 5.32 Å². The van der Waals surface area contributed by atoms with Gasteiger partial charge in [-0.2, -0.15) is 0 Å². The van der Waals surface area contributed by atoms with Crippen molar-refractivity contribution < 1.29 is 38.7 Å². The number of rotatable bonds is 4. The van der Waals surface area contributed by atoms with Gasteiger partial charge in [0.1, 0.15) is 0 Å². The van der Waals surface area contributed by atoms with Crippen molar-refractivity contribution in [3.8, 4) is 23.0 Å². The summed E-state index contributed by atoms with van der Waals surface area (Å²) in [7, 11) is 0. The lowest BCUT2D eigenvalue weighted by Crippen LogP contribution is -2.12. The molecule has 4 rings (SSSR count). The topological polar surface area (TPSA) is 124 Å². The number of carbonyl (C=O) groups is 2. The van der Waals surface area contributed by atoms with Crippen molar-refractivity contribution in [3.63, 3.8) is 0 Å². The lowest BCUT2D eigenvalue weighted by atomic mass is 10.1. The zero-order chi connectivity index (χ0) is 19.2. The largest absolute Gasteiger partial charge is 0.473 e. The van der Waals surface area contributed by atoms with Gasteiger partial charge in [0.25, 0.3) is 0 Å². The molecule has 0 saturated carbocycles. The quantitative estimate of drug-likeness (QED) is 0.683. The molecule has 0 spiro atoms. The molecule has 142 valence electrons. The molecule has 0 amide bonds. The van der Waals surface area contributed by atoms with Crippen LogP contribution >= 0.6 is 0 Å². The van der Waals surface area contributed by atoms with Crippen LogP contribution in [0.1, 0.15) is 11.1 Å². The molecule has 2 aromatic carbocycles. The van der Waals surface area contributed by atoms with Gasteiger partial charge in [-0.25, -0.2) is 9.59 Å². The first-order valence-electron chi connectivity index (χ1n) is 7.97. The van der Waals surface area contributed by atoms with Crippen LogP contribution < -0.4 is 24.3 Å². The molecular weight excluding hydrogens is 358 g/mol. The molecule has 0 saturated heterocycles. The summed E-state index contributed by atoms with van der Waals surface area (Å²) in [4.78, 5) is 18.2. The summed E-state index contributed by atoms with van der Waals surface area (Å²) in [5, 5.41) is 18.2. The Kier molecular flexibility index (Phi) is 5.62. The molecule has 9 nitrogen and oxygen atoms in total. The van der Waals surface area contributed by atoms with E-state index in [-0.39, 0.29) is 0 Å². The average molecular weight is 375 g/mol. The van der Waals surface area contributed by atoms with E-state index in [2.05, 4.69) is 5.32 Å². The van der Waals surface area contributed by atoms with Crippen LogP contribution in [0.5, 0.6) is 23.0 Å². The summed E-state index contributed by atoms with van der Waals surface area (Å²) in [5.41, 5.74) is 2.33. The van der Waals surface area contributed by atoms with E-state index in [1.54, 1.807) is 0 Å². The first kappa shape index (κ1) is 18.3. The maximum absolute atomic E-state index is 9.10. The first-order valence-corrected chi connectivity index (χ1v) is 7.97. The smallest absolute Gasteiger partial charge is 0.414 e. The van der Waals surface area contributed by atoms with Crippen LogP contribution in [0.2, 0.25) is 0 Å². The highest BCUT2D eigenvalue weighted by molar-refractivity contribution is 6.27. The summed E-state index contributed by atoms with van der Waals surface area (Å²) in [6.45, 7) is 2.16. The molecule has 0 aliphatic carbocycles. The number of aliphatic carboxylic acids is 2. The van der Waals surface area contributed by atoms with Crippen LogP contribution in [0.4, 0.5) is 0 Å². The maximum atomic E-state index is 9.10. The van der Waals surface area contributed by atoms with Gasteiger partial charge in [-0.1, -0.05) is 12.1 Å². The number of carboxylic acid groups (broad SMARTS) is 2. The fraction of sp³-hybridized carbons (Fsp3) is 0.222. The van der Waals surface area contributed by atoms with Crippen molar-refractivity contribution in [2.45, 2.75) is 13.1 Å².